The van der Waals surface area contributed by atoms with Crippen LogP contribution in [0.15, 0.2) is 156 Å². The lowest BCUT2D eigenvalue weighted by molar-refractivity contribution is -0.149. The van der Waals surface area contributed by atoms with Gasteiger partial charge in [0.05, 0.1) is 0 Å². The van der Waals surface area contributed by atoms with Crippen molar-refractivity contribution in [2.75, 3.05) is 39.6 Å². The van der Waals surface area contributed by atoms with Crippen molar-refractivity contribution in [1.82, 2.24) is 60.8 Å². The van der Waals surface area contributed by atoms with Gasteiger partial charge in [-0.2, -0.15) is 29.9 Å². The van der Waals surface area contributed by atoms with Crippen LogP contribution in [0.1, 0.15) is 56.2 Å². The zero-order valence-electron chi connectivity index (χ0n) is 49.3. The van der Waals surface area contributed by atoms with Crippen LogP contribution in [0.2, 0.25) is 0 Å². The summed E-state index contributed by atoms with van der Waals surface area (Å²) in [6, 6.07) is 26.4. The van der Waals surface area contributed by atoms with E-state index < -0.39 is 35.8 Å². The minimum Gasteiger partial charge on any atom is -0.462 e. The third-order valence-electron chi connectivity index (χ3n) is 13.1. The van der Waals surface area contributed by atoms with Crippen LogP contribution >= 0.6 is 0 Å². The molecule has 0 fully saturated rings. The molecule has 6 heterocycles. The molecule has 0 atom stereocenters. The van der Waals surface area contributed by atoms with Crippen molar-refractivity contribution in [3.05, 3.63) is 147 Å². The Labute approximate surface area is 525 Å². The third-order valence-corrected chi connectivity index (χ3v) is 13.1. The molecule has 30 heteroatoms. The van der Waals surface area contributed by atoms with E-state index in [0.29, 0.717) is 106 Å². The lowest BCUT2D eigenvalue weighted by Crippen LogP contribution is -2.12. The molecule has 0 unspecified atom stereocenters. The van der Waals surface area contributed by atoms with E-state index in [0.717, 1.165) is 18.2 Å². The quantitative estimate of drug-likeness (QED) is 0.0160. The maximum absolute atomic E-state index is 12.2. The Hall–Kier alpha value is -12.2. The number of carbonyl (C=O) groups is 6. The molecule has 0 aliphatic rings. The van der Waals surface area contributed by atoms with Crippen LogP contribution in [0.25, 0.3) is 103 Å². The molecule has 0 radical (unpaired) electrons. The number of benzene rings is 4. The van der Waals surface area contributed by atoms with Crippen LogP contribution < -0.4 is 0 Å². The molecule has 4 aromatic carbocycles. The Bertz CT molecular complexity index is 3870. The number of aromatic nitrogens is 12. The van der Waals surface area contributed by atoms with E-state index in [1.807, 2.05) is 0 Å². The molecule has 0 amide bonds. The van der Waals surface area contributed by atoms with Crippen LogP contribution in [0.4, 0.5) is 0 Å². The van der Waals surface area contributed by atoms with Crippen molar-refractivity contribution in [2.24, 2.45) is 0 Å². The molecule has 0 bridgehead atoms. The lowest BCUT2D eigenvalue weighted by Gasteiger charge is -2.04. The van der Waals surface area contributed by atoms with Crippen LogP contribution in [0, 0.1) is 0 Å². The van der Waals surface area contributed by atoms with Crippen molar-refractivity contribution < 1.29 is 84.3 Å². The number of hydrogen-bond acceptors (Lipinski definition) is 30. The second-order valence-electron chi connectivity index (χ2n) is 19.7. The molecule has 10 aromatic rings. The van der Waals surface area contributed by atoms with Gasteiger partial charge in [0.2, 0.25) is 52.6 Å². The van der Waals surface area contributed by atoms with E-state index in [1.54, 1.807) is 91.0 Å². The van der Waals surface area contributed by atoms with Crippen LogP contribution in [0.5, 0.6) is 0 Å². The van der Waals surface area contributed by atoms with Gasteiger partial charge in [-0.05, 0) is 55.7 Å². The normalized spacial score (nSPS) is 11.0. The first-order valence-corrected chi connectivity index (χ1v) is 28.7. The van der Waals surface area contributed by atoms with Crippen molar-refractivity contribution >= 4 is 35.8 Å². The summed E-state index contributed by atoms with van der Waals surface area (Å²) < 4.78 is 63.9. The topological polar surface area (TPSA) is 391 Å². The molecule has 0 saturated heterocycles. The number of carbonyl (C=O) groups excluding carboxylic acids is 6. The zero-order chi connectivity index (χ0) is 64.9. The standard InChI is InChI=1S/C63H54N12O18/c1-4-49(76)82-25-28-85-52(79)22-10-19-46-64-55(70-88-46)37-13-7-16-40(31-37)58-67-61(91-73-58)43-34-44(62-68-59(74-92-62)41-17-8-14-38(32-41)56-65-47(89-71-56)20-11-23-53(80)86-29-26-83-50(77)5-2)36-45(35-43)63-69-60(75-93-63)42-18-9-15-39(33-42)57-66-48(90-72-57)21-12-24-54(81)87-30-27-84-51(78)6-3/h4-9,13-18,31-36H,1-3,10-12,19-30H2. The van der Waals surface area contributed by atoms with Crippen molar-refractivity contribution in [3.8, 4) is 103 Å². The van der Waals surface area contributed by atoms with Gasteiger partial charge in [0.1, 0.15) is 39.6 Å². The second kappa shape index (κ2) is 31.3. The second-order valence-corrected chi connectivity index (χ2v) is 19.7. The lowest BCUT2D eigenvalue weighted by atomic mass is 10.0. The predicted molar refractivity (Wildman–Crippen MR) is 318 cm³/mol. The SMILES string of the molecule is C=CC(=O)OCCOC(=O)CCCc1nc(-c2cccc(-c3noc(-c4cc(-c5nc(-c6cccc(-c7noc(CCCC(=O)OCCOC(=O)C=C)n7)c6)no5)cc(-c5nc(-c6cccc(-c7noc(CCCC(=O)OCCOC(=O)C=C)n7)c6)no5)c4)n3)c2)no1. The van der Waals surface area contributed by atoms with Crippen LogP contribution in [-0.2, 0) is 76.5 Å². The van der Waals surface area contributed by atoms with Gasteiger partial charge in [-0.25, -0.2) is 14.4 Å². The molecular formula is C63H54N12O18. The minimum atomic E-state index is -0.613. The summed E-state index contributed by atoms with van der Waals surface area (Å²) in [5.74, 6) is -0.611. The van der Waals surface area contributed by atoms with Crippen molar-refractivity contribution in [1.29, 1.82) is 0 Å². The molecule has 93 heavy (non-hydrogen) atoms. The molecule has 6 aromatic heterocycles. The average molecular weight is 1270 g/mol. The maximum atomic E-state index is 12.2. The summed E-state index contributed by atoms with van der Waals surface area (Å²) in [5, 5.41) is 25.4. The maximum Gasteiger partial charge on any atom is 0.330 e. The van der Waals surface area contributed by atoms with Crippen molar-refractivity contribution in [2.45, 2.75) is 57.8 Å². The fraction of sp³-hybridized carbons (Fsp3) is 0.238. The Morgan fingerprint density at radius 1 is 0.323 bits per heavy atom. The molecule has 0 aliphatic carbocycles. The molecular weight excluding hydrogens is 1210 g/mol. The first-order valence-electron chi connectivity index (χ1n) is 28.7. The zero-order valence-corrected chi connectivity index (χ0v) is 49.3. The predicted octanol–water partition coefficient (Wildman–Crippen LogP) is 8.77. The molecule has 0 saturated carbocycles. The number of nitrogens with zero attached hydrogens (tertiary/aromatic N) is 12. The molecule has 474 valence electrons. The summed E-state index contributed by atoms with van der Waals surface area (Å²) in [6.07, 6.45) is 5.25. The third kappa shape index (κ3) is 17.8. The van der Waals surface area contributed by atoms with Gasteiger partial charge >= 0.3 is 35.8 Å². The monoisotopic (exact) mass is 1270 g/mol. The first kappa shape index (κ1) is 63.8. The van der Waals surface area contributed by atoms with Crippen LogP contribution in [0.3, 0.4) is 0 Å². The molecule has 30 nitrogen and oxygen atoms in total. The summed E-state index contributed by atoms with van der Waals surface area (Å²) in [6.45, 7) is 9.44. The summed E-state index contributed by atoms with van der Waals surface area (Å²) >= 11 is 0. The highest BCUT2D eigenvalue weighted by atomic mass is 16.6. The molecule has 0 spiro atoms. The number of esters is 6. The fourth-order valence-electron chi connectivity index (χ4n) is 8.62. The highest BCUT2D eigenvalue weighted by Crippen LogP contribution is 2.35. The smallest absolute Gasteiger partial charge is 0.330 e. The largest absolute Gasteiger partial charge is 0.462 e. The van der Waals surface area contributed by atoms with E-state index in [2.05, 4.69) is 65.6 Å². The Morgan fingerprint density at radius 3 is 0.828 bits per heavy atom. The molecule has 0 N–H and O–H groups in total. The van der Waals surface area contributed by atoms with Gasteiger partial charge < -0.3 is 55.6 Å². The van der Waals surface area contributed by atoms with Gasteiger partial charge in [-0.15, -0.1) is 0 Å². The molecule has 10 rings (SSSR count). The fourth-order valence-corrected chi connectivity index (χ4v) is 8.62. The van der Waals surface area contributed by atoms with E-state index in [9.17, 15) is 28.8 Å². The summed E-state index contributed by atoms with van der Waals surface area (Å²) in [5.41, 5.74) is 4.60. The highest BCUT2D eigenvalue weighted by Gasteiger charge is 2.23. The van der Waals surface area contributed by atoms with Crippen molar-refractivity contribution in [3.63, 3.8) is 0 Å². The number of ether oxygens (including phenoxy) is 6. The summed E-state index contributed by atoms with van der Waals surface area (Å²) in [7, 11) is 0. The molecule has 0 aliphatic heterocycles. The van der Waals surface area contributed by atoms with E-state index in [-0.39, 0.29) is 112 Å². The van der Waals surface area contributed by atoms with Gasteiger partial charge in [0, 0.05) is 107 Å². The van der Waals surface area contributed by atoms with Gasteiger partial charge in [0.25, 0.3) is 17.7 Å². The number of aryl methyl sites for hydroxylation is 3. The number of rotatable bonds is 33. The Morgan fingerprint density at radius 2 is 0.559 bits per heavy atom. The average Bonchev–Trinajstić information content (AvgIpc) is 1.77. The minimum absolute atomic E-state index is 0.0721. The Balaban J connectivity index is 0.853. The number of hydrogen-bond donors (Lipinski definition) is 0. The van der Waals surface area contributed by atoms with E-state index in [4.69, 9.17) is 70.5 Å². The first-order chi connectivity index (χ1) is 45.4. The van der Waals surface area contributed by atoms with Gasteiger partial charge in [-0.1, -0.05) is 105 Å². The highest BCUT2D eigenvalue weighted by molar-refractivity contribution is 5.82. The van der Waals surface area contributed by atoms with Crippen LogP contribution in [-0.4, -0.2) is 136 Å². The summed E-state index contributed by atoms with van der Waals surface area (Å²) in [4.78, 5) is 98.1. The Kier molecular flexibility index (Phi) is 21.5. The van der Waals surface area contributed by atoms with E-state index in [1.165, 1.54) is 0 Å². The van der Waals surface area contributed by atoms with Gasteiger partial charge in [-0.3, -0.25) is 14.4 Å². The van der Waals surface area contributed by atoms with E-state index >= 15 is 0 Å². The van der Waals surface area contributed by atoms with Gasteiger partial charge in [0.15, 0.2) is 0 Å².